The quantitative estimate of drug-likeness (QED) is 0.341. The molecule has 0 aliphatic carbocycles. The predicted octanol–water partition coefficient (Wildman–Crippen LogP) is 1.33. The van der Waals surface area contributed by atoms with E-state index in [1.54, 1.807) is 37.4 Å². The Labute approximate surface area is 122 Å². The van der Waals surface area contributed by atoms with Gasteiger partial charge in [0, 0.05) is 12.6 Å². The van der Waals surface area contributed by atoms with Gasteiger partial charge in [-0.2, -0.15) is 5.10 Å². The van der Waals surface area contributed by atoms with Crippen LogP contribution in [0.5, 0.6) is 0 Å². The van der Waals surface area contributed by atoms with Crippen molar-refractivity contribution < 1.29 is 10.0 Å². The number of carbonyl (C=O) groups is 1. The Hall–Kier alpha value is -2.83. The predicted molar refractivity (Wildman–Crippen MR) is 79.5 cm³/mol. The summed E-state index contributed by atoms with van der Waals surface area (Å²) in [5, 5.41) is 18.7. The molecule has 110 valence electrons. The fourth-order valence-electron chi connectivity index (χ4n) is 1.97. The molecular formula is C14H17N5O2. The number of nitrogens with zero attached hydrogens (tertiary/aromatic N) is 3. The van der Waals surface area contributed by atoms with E-state index in [1.807, 2.05) is 6.92 Å². The van der Waals surface area contributed by atoms with E-state index in [2.05, 4.69) is 15.6 Å². The summed E-state index contributed by atoms with van der Waals surface area (Å²) in [5.41, 5.74) is 7.80. The zero-order valence-electron chi connectivity index (χ0n) is 11.9. The van der Waals surface area contributed by atoms with Crippen molar-refractivity contribution in [1.29, 1.82) is 0 Å². The number of carbonyl (C=O) groups excluding carboxylic acids is 1. The van der Waals surface area contributed by atoms with E-state index in [-0.39, 0.29) is 11.7 Å². The maximum Gasteiger partial charge on any atom is 0.273 e. The van der Waals surface area contributed by atoms with Crippen LogP contribution in [-0.4, -0.2) is 26.7 Å². The summed E-state index contributed by atoms with van der Waals surface area (Å²) in [4.78, 5) is 12.3. The number of aromatic nitrogens is 2. The highest BCUT2D eigenvalue weighted by molar-refractivity contribution is 6.09. The van der Waals surface area contributed by atoms with Gasteiger partial charge < -0.3 is 16.3 Å². The monoisotopic (exact) mass is 287 g/mol. The molecule has 1 aromatic heterocycles. The first kappa shape index (κ1) is 14.6. The van der Waals surface area contributed by atoms with E-state index >= 15 is 0 Å². The fourth-order valence-corrected chi connectivity index (χ4v) is 1.97. The maximum atomic E-state index is 12.3. The highest BCUT2D eigenvalue weighted by Gasteiger charge is 2.15. The minimum absolute atomic E-state index is 0.0647. The number of hydrogen-bond donors (Lipinski definition) is 3. The third-order valence-electron chi connectivity index (χ3n) is 3.08. The summed E-state index contributed by atoms with van der Waals surface area (Å²) in [6.45, 7) is 1.97. The summed E-state index contributed by atoms with van der Waals surface area (Å²) in [6.07, 6.45) is 0.752. The van der Waals surface area contributed by atoms with Gasteiger partial charge in [0.25, 0.3) is 5.91 Å². The van der Waals surface area contributed by atoms with Crippen molar-refractivity contribution in [2.24, 2.45) is 17.9 Å². The second-order valence-electron chi connectivity index (χ2n) is 4.48. The Balaban J connectivity index is 2.30. The third-order valence-corrected chi connectivity index (χ3v) is 3.08. The number of rotatable bonds is 4. The van der Waals surface area contributed by atoms with Crippen LogP contribution in [0.1, 0.15) is 28.7 Å². The van der Waals surface area contributed by atoms with Crippen LogP contribution < -0.4 is 11.1 Å². The van der Waals surface area contributed by atoms with Crippen LogP contribution in [0.15, 0.2) is 35.5 Å². The van der Waals surface area contributed by atoms with E-state index in [9.17, 15) is 4.79 Å². The minimum Gasteiger partial charge on any atom is -0.409 e. The average molecular weight is 287 g/mol. The number of oxime groups is 1. The summed E-state index contributed by atoms with van der Waals surface area (Å²) >= 11 is 0. The summed E-state index contributed by atoms with van der Waals surface area (Å²) in [6, 6.07) is 8.57. The molecular weight excluding hydrogens is 270 g/mol. The van der Waals surface area contributed by atoms with Crippen LogP contribution in [0.2, 0.25) is 0 Å². The van der Waals surface area contributed by atoms with Crippen LogP contribution >= 0.6 is 0 Å². The van der Waals surface area contributed by atoms with Gasteiger partial charge in [-0.1, -0.05) is 24.2 Å². The molecule has 0 unspecified atom stereocenters. The largest absolute Gasteiger partial charge is 0.409 e. The third kappa shape index (κ3) is 3.02. The highest BCUT2D eigenvalue weighted by Crippen LogP contribution is 2.16. The van der Waals surface area contributed by atoms with Gasteiger partial charge >= 0.3 is 0 Å². The Morgan fingerprint density at radius 3 is 2.81 bits per heavy atom. The van der Waals surface area contributed by atoms with E-state index in [0.717, 1.165) is 12.1 Å². The number of aryl methyl sites for hydroxylation is 2. The molecule has 2 aromatic rings. The van der Waals surface area contributed by atoms with E-state index < -0.39 is 0 Å². The second-order valence-corrected chi connectivity index (χ2v) is 4.48. The van der Waals surface area contributed by atoms with Gasteiger partial charge in [0.15, 0.2) is 5.84 Å². The standard InChI is InChI=1S/C14H17N5O2/c1-3-9-8-12(19(2)17-9)14(20)16-11-7-5-4-6-10(11)13(15)18-21/h4-8,21H,3H2,1-2H3,(H2,15,18)(H,16,20). The van der Waals surface area contributed by atoms with Crippen molar-refractivity contribution >= 4 is 17.4 Å². The second kappa shape index (κ2) is 6.08. The molecule has 1 heterocycles. The lowest BCUT2D eigenvalue weighted by Crippen LogP contribution is -2.20. The lowest BCUT2D eigenvalue weighted by Gasteiger charge is -2.09. The zero-order chi connectivity index (χ0) is 15.4. The molecule has 7 nitrogen and oxygen atoms in total. The topological polar surface area (TPSA) is 106 Å². The fraction of sp³-hybridized carbons (Fsp3) is 0.214. The molecule has 0 saturated heterocycles. The first-order valence-corrected chi connectivity index (χ1v) is 6.48. The molecule has 4 N–H and O–H groups in total. The summed E-state index contributed by atoms with van der Waals surface area (Å²) < 4.78 is 1.53. The van der Waals surface area contributed by atoms with Crippen LogP contribution in [-0.2, 0) is 13.5 Å². The molecule has 0 fully saturated rings. The van der Waals surface area contributed by atoms with Crippen molar-refractivity contribution in [3.63, 3.8) is 0 Å². The summed E-state index contributed by atoms with van der Waals surface area (Å²) in [7, 11) is 1.71. The molecule has 7 heteroatoms. The molecule has 2 rings (SSSR count). The van der Waals surface area contributed by atoms with E-state index in [4.69, 9.17) is 10.9 Å². The summed E-state index contributed by atoms with van der Waals surface area (Å²) in [5.74, 6) is -0.368. The lowest BCUT2D eigenvalue weighted by molar-refractivity contribution is 0.101. The number of nitrogens with one attached hydrogen (secondary N) is 1. The van der Waals surface area contributed by atoms with Gasteiger partial charge in [-0.15, -0.1) is 0 Å². The normalized spacial score (nSPS) is 11.4. The first-order chi connectivity index (χ1) is 10.1. The number of nitrogens with two attached hydrogens (primary N) is 1. The van der Waals surface area contributed by atoms with Gasteiger partial charge in [0.2, 0.25) is 0 Å². The number of hydrogen-bond acceptors (Lipinski definition) is 4. The molecule has 21 heavy (non-hydrogen) atoms. The number of para-hydroxylation sites is 1. The van der Waals surface area contributed by atoms with Crippen LogP contribution in [0.25, 0.3) is 0 Å². The van der Waals surface area contributed by atoms with Gasteiger partial charge in [-0.25, -0.2) is 0 Å². The molecule has 0 atom stereocenters. The average Bonchev–Trinajstić information content (AvgIpc) is 2.88. The zero-order valence-corrected chi connectivity index (χ0v) is 11.9. The van der Waals surface area contributed by atoms with Gasteiger partial charge in [-0.05, 0) is 24.6 Å². The number of benzene rings is 1. The minimum atomic E-state index is -0.303. The van der Waals surface area contributed by atoms with Crippen molar-refractivity contribution in [2.75, 3.05) is 5.32 Å². The maximum absolute atomic E-state index is 12.3. The van der Waals surface area contributed by atoms with Crippen molar-refractivity contribution in [3.8, 4) is 0 Å². The Bertz CT molecular complexity index is 690. The Morgan fingerprint density at radius 2 is 2.19 bits per heavy atom. The van der Waals surface area contributed by atoms with Crippen molar-refractivity contribution in [1.82, 2.24) is 9.78 Å². The number of amidine groups is 1. The molecule has 0 spiro atoms. The van der Waals surface area contributed by atoms with Crippen molar-refractivity contribution in [3.05, 3.63) is 47.3 Å². The molecule has 0 bridgehead atoms. The van der Waals surface area contributed by atoms with Crippen LogP contribution in [0, 0.1) is 0 Å². The molecule has 1 amide bonds. The number of amides is 1. The Kier molecular flexibility index (Phi) is 4.22. The molecule has 0 radical (unpaired) electrons. The SMILES string of the molecule is CCc1cc(C(=O)Nc2ccccc2C(N)=NO)n(C)n1. The van der Waals surface area contributed by atoms with Gasteiger partial charge in [0.1, 0.15) is 5.69 Å². The lowest BCUT2D eigenvalue weighted by atomic mass is 10.1. The van der Waals surface area contributed by atoms with Crippen LogP contribution in [0.4, 0.5) is 5.69 Å². The molecule has 0 aliphatic rings. The molecule has 0 aliphatic heterocycles. The van der Waals surface area contributed by atoms with E-state index in [1.165, 1.54) is 4.68 Å². The first-order valence-electron chi connectivity index (χ1n) is 6.48. The Morgan fingerprint density at radius 1 is 1.48 bits per heavy atom. The van der Waals surface area contributed by atoms with Crippen molar-refractivity contribution in [2.45, 2.75) is 13.3 Å². The smallest absolute Gasteiger partial charge is 0.273 e. The number of anilines is 1. The van der Waals surface area contributed by atoms with Gasteiger partial charge in [0.05, 0.1) is 11.4 Å². The molecule has 1 aromatic carbocycles. The molecule has 0 saturated carbocycles. The highest BCUT2D eigenvalue weighted by atomic mass is 16.4. The van der Waals surface area contributed by atoms with Gasteiger partial charge in [-0.3, -0.25) is 9.48 Å². The van der Waals surface area contributed by atoms with E-state index in [0.29, 0.717) is 16.9 Å². The van der Waals surface area contributed by atoms with Crippen LogP contribution in [0.3, 0.4) is 0 Å².